The van der Waals surface area contributed by atoms with Crippen molar-refractivity contribution in [3.05, 3.63) is 70.6 Å². The number of nitrogens with zero attached hydrogens (tertiary/aromatic N) is 2. The van der Waals surface area contributed by atoms with Gasteiger partial charge in [-0.2, -0.15) is 0 Å². The number of aryl methyl sites for hydroxylation is 1. The number of benzene rings is 1. The molecule has 134 valence electrons. The zero-order valence-electron chi connectivity index (χ0n) is 14.4. The zero-order chi connectivity index (χ0) is 18.7. The van der Waals surface area contributed by atoms with E-state index in [4.69, 9.17) is 16.3 Å². The Bertz CT molecular complexity index is 968. The lowest BCUT2D eigenvalue weighted by molar-refractivity contribution is -0.146. The number of amides is 1. The minimum Gasteiger partial charge on any atom is -0.458 e. The summed E-state index contributed by atoms with van der Waals surface area (Å²) in [7, 11) is 0. The first-order valence-electron chi connectivity index (χ1n) is 8.09. The lowest BCUT2D eigenvalue weighted by Crippen LogP contribution is -2.39. The molecule has 0 radical (unpaired) electrons. The highest BCUT2D eigenvalue weighted by Crippen LogP contribution is 2.12. The molecule has 1 unspecified atom stereocenters. The minimum atomic E-state index is -0.769. The van der Waals surface area contributed by atoms with Gasteiger partial charge in [-0.15, -0.1) is 0 Å². The quantitative estimate of drug-likeness (QED) is 0.699. The van der Waals surface area contributed by atoms with Crippen LogP contribution in [0.2, 0.25) is 5.02 Å². The summed E-state index contributed by atoms with van der Waals surface area (Å²) in [5.41, 5.74) is 2.78. The fourth-order valence-electron chi connectivity index (χ4n) is 2.48. The third-order valence-corrected chi connectivity index (χ3v) is 4.03. The van der Waals surface area contributed by atoms with Gasteiger partial charge in [0.15, 0.2) is 0 Å². The number of ether oxygens (including phenoxy) is 1. The molecule has 0 aliphatic carbocycles. The molecule has 6 nitrogen and oxygen atoms in total. The second-order valence-corrected chi connectivity index (χ2v) is 6.45. The molecule has 1 N–H and O–H groups in total. The smallest absolute Gasteiger partial charge is 0.328 e. The van der Waals surface area contributed by atoms with E-state index in [0.29, 0.717) is 21.9 Å². The Morgan fingerprint density at radius 3 is 2.85 bits per heavy atom. The monoisotopic (exact) mass is 371 g/mol. The van der Waals surface area contributed by atoms with Crippen LogP contribution in [0.3, 0.4) is 0 Å². The van der Waals surface area contributed by atoms with E-state index in [1.165, 1.54) is 0 Å². The van der Waals surface area contributed by atoms with E-state index < -0.39 is 12.0 Å². The molecule has 1 aromatic carbocycles. The Hall–Kier alpha value is -2.86. The molecule has 0 aliphatic rings. The van der Waals surface area contributed by atoms with Gasteiger partial charge in [0.25, 0.3) is 5.91 Å². The predicted molar refractivity (Wildman–Crippen MR) is 98.1 cm³/mol. The van der Waals surface area contributed by atoms with Gasteiger partial charge >= 0.3 is 5.97 Å². The number of halogens is 1. The van der Waals surface area contributed by atoms with Crippen LogP contribution < -0.4 is 5.32 Å². The molecule has 0 bridgehead atoms. The molecule has 0 aliphatic heterocycles. The summed E-state index contributed by atoms with van der Waals surface area (Å²) in [6.45, 7) is 3.50. The Labute approximate surface area is 155 Å². The van der Waals surface area contributed by atoms with Crippen molar-refractivity contribution in [2.45, 2.75) is 26.5 Å². The van der Waals surface area contributed by atoms with Gasteiger partial charge in [-0.1, -0.05) is 29.3 Å². The van der Waals surface area contributed by atoms with Gasteiger partial charge in [-0.05, 0) is 38.1 Å². The number of hydrogen-bond donors (Lipinski definition) is 1. The van der Waals surface area contributed by atoms with Gasteiger partial charge in [-0.25, -0.2) is 9.78 Å². The van der Waals surface area contributed by atoms with Gasteiger partial charge in [0.1, 0.15) is 18.3 Å². The molecule has 0 saturated heterocycles. The first-order valence-corrected chi connectivity index (χ1v) is 8.47. The summed E-state index contributed by atoms with van der Waals surface area (Å²) in [6, 6.07) is 9.90. The number of imidazole rings is 1. The van der Waals surface area contributed by atoms with Gasteiger partial charge in [0.05, 0.1) is 10.7 Å². The van der Waals surface area contributed by atoms with Crippen molar-refractivity contribution in [3.8, 4) is 0 Å². The first-order chi connectivity index (χ1) is 12.4. The third kappa shape index (κ3) is 4.21. The normalized spacial score (nSPS) is 12.0. The van der Waals surface area contributed by atoms with Crippen molar-refractivity contribution in [2.24, 2.45) is 0 Å². The first kappa shape index (κ1) is 17.9. The molecule has 1 atom stereocenters. The van der Waals surface area contributed by atoms with Crippen LogP contribution in [0.1, 0.15) is 28.5 Å². The number of esters is 1. The van der Waals surface area contributed by atoms with E-state index in [-0.39, 0.29) is 12.5 Å². The summed E-state index contributed by atoms with van der Waals surface area (Å²) in [4.78, 5) is 28.7. The summed E-state index contributed by atoms with van der Waals surface area (Å²) in [6.07, 6.45) is 3.46. The van der Waals surface area contributed by atoms with Crippen LogP contribution in [0.25, 0.3) is 5.65 Å². The highest BCUT2D eigenvalue weighted by Gasteiger charge is 2.18. The summed E-state index contributed by atoms with van der Waals surface area (Å²) >= 11 is 5.93. The second-order valence-electron chi connectivity index (χ2n) is 6.02. The van der Waals surface area contributed by atoms with Gasteiger partial charge in [0.2, 0.25) is 0 Å². The number of rotatable bonds is 5. The lowest BCUT2D eigenvalue weighted by Gasteiger charge is -2.13. The zero-order valence-corrected chi connectivity index (χ0v) is 15.2. The molecule has 3 rings (SSSR count). The number of pyridine rings is 1. The molecule has 0 spiro atoms. The van der Waals surface area contributed by atoms with E-state index in [9.17, 15) is 9.59 Å². The van der Waals surface area contributed by atoms with Crippen LogP contribution in [0.5, 0.6) is 0 Å². The average Bonchev–Trinajstić information content (AvgIpc) is 3.01. The molecule has 7 heteroatoms. The standard InChI is InChI=1S/C19H18ClN3O3/c1-12-4-3-5-14(8-12)18(24)21-13(2)19(25)26-11-16-10-23-9-15(20)6-7-17(23)22-16/h3-10,13H,11H2,1-2H3,(H,21,24). The van der Waals surface area contributed by atoms with Gasteiger partial charge in [-0.3, -0.25) is 4.79 Å². The maximum Gasteiger partial charge on any atom is 0.328 e. The van der Waals surface area contributed by atoms with E-state index in [1.807, 2.05) is 13.0 Å². The van der Waals surface area contributed by atoms with Crippen molar-refractivity contribution in [3.63, 3.8) is 0 Å². The van der Waals surface area contributed by atoms with Crippen molar-refractivity contribution in [1.82, 2.24) is 14.7 Å². The van der Waals surface area contributed by atoms with E-state index in [0.717, 1.165) is 5.56 Å². The number of fused-ring (bicyclic) bond motifs is 1. The summed E-state index contributed by atoms with van der Waals surface area (Å²) in [5, 5.41) is 3.23. The Morgan fingerprint density at radius 1 is 1.27 bits per heavy atom. The number of hydrogen-bond acceptors (Lipinski definition) is 4. The van der Waals surface area contributed by atoms with Crippen molar-refractivity contribution < 1.29 is 14.3 Å². The van der Waals surface area contributed by atoms with Crippen molar-refractivity contribution in [1.29, 1.82) is 0 Å². The number of aromatic nitrogens is 2. The highest BCUT2D eigenvalue weighted by molar-refractivity contribution is 6.30. The number of nitrogens with one attached hydrogen (secondary N) is 1. The third-order valence-electron chi connectivity index (χ3n) is 3.81. The van der Waals surface area contributed by atoms with E-state index in [1.54, 1.807) is 54.0 Å². The second kappa shape index (κ2) is 7.58. The van der Waals surface area contributed by atoms with E-state index in [2.05, 4.69) is 10.3 Å². The van der Waals surface area contributed by atoms with Crippen LogP contribution in [0, 0.1) is 6.92 Å². The fraction of sp³-hybridized carbons (Fsp3) is 0.211. The van der Waals surface area contributed by atoms with Gasteiger partial charge < -0.3 is 14.5 Å². The highest BCUT2D eigenvalue weighted by atomic mass is 35.5. The van der Waals surface area contributed by atoms with Crippen molar-refractivity contribution in [2.75, 3.05) is 0 Å². The molecule has 2 aromatic heterocycles. The summed E-state index contributed by atoms with van der Waals surface area (Å²) < 4.78 is 7.01. The maximum absolute atomic E-state index is 12.2. The van der Waals surface area contributed by atoms with Crippen LogP contribution in [0.15, 0.2) is 48.8 Å². The van der Waals surface area contributed by atoms with Crippen LogP contribution in [-0.2, 0) is 16.1 Å². The van der Waals surface area contributed by atoms with Crippen molar-refractivity contribution >= 4 is 29.1 Å². The van der Waals surface area contributed by atoms with Crippen LogP contribution in [0.4, 0.5) is 0 Å². The topological polar surface area (TPSA) is 72.7 Å². The Morgan fingerprint density at radius 2 is 2.08 bits per heavy atom. The predicted octanol–water partition coefficient (Wildman–Crippen LogP) is 3.16. The molecule has 2 heterocycles. The number of carbonyl (C=O) groups is 2. The van der Waals surface area contributed by atoms with Crippen LogP contribution in [-0.4, -0.2) is 27.3 Å². The molecule has 26 heavy (non-hydrogen) atoms. The molecule has 0 fully saturated rings. The van der Waals surface area contributed by atoms with Gasteiger partial charge in [0, 0.05) is 18.0 Å². The lowest BCUT2D eigenvalue weighted by atomic mass is 10.1. The SMILES string of the molecule is Cc1cccc(C(=O)NC(C)C(=O)OCc2cn3cc(Cl)ccc3n2)c1. The number of carbonyl (C=O) groups excluding carboxylic acids is 2. The molecule has 0 saturated carbocycles. The van der Waals surface area contributed by atoms with Crippen LogP contribution >= 0.6 is 11.6 Å². The minimum absolute atomic E-state index is 0.0167. The summed E-state index contributed by atoms with van der Waals surface area (Å²) in [5.74, 6) is -0.846. The maximum atomic E-state index is 12.2. The largest absolute Gasteiger partial charge is 0.458 e. The molecule has 1 amide bonds. The van der Waals surface area contributed by atoms with E-state index >= 15 is 0 Å². The molecular formula is C19H18ClN3O3. The molecule has 3 aromatic rings. The Kier molecular flexibility index (Phi) is 5.23. The average molecular weight is 372 g/mol. The fourth-order valence-corrected chi connectivity index (χ4v) is 2.65. The Balaban J connectivity index is 1.57. The molecular weight excluding hydrogens is 354 g/mol.